The van der Waals surface area contributed by atoms with Gasteiger partial charge < -0.3 is 45.5 Å². The number of benzene rings is 5. The zero-order chi connectivity index (χ0) is 52.6. The van der Waals surface area contributed by atoms with Crippen LogP contribution in [-0.2, 0) is 28.7 Å². The molecule has 15 heteroatoms. The number of carbonyl (C=O) groups excluding carboxylic acids is 6. The van der Waals surface area contributed by atoms with Gasteiger partial charge in [-0.2, -0.15) is 0 Å². The lowest BCUT2D eigenvalue weighted by Gasteiger charge is -2.32. The fourth-order valence-electron chi connectivity index (χ4n) is 9.01. The van der Waals surface area contributed by atoms with Gasteiger partial charge in [-0.3, -0.25) is 19.2 Å². The van der Waals surface area contributed by atoms with E-state index in [1.54, 1.807) is 109 Å². The molecule has 0 radical (unpaired) electrons. The summed E-state index contributed by atoms with van der Waals surface area (Å²) in [5, 5.41) is 12.4. The van der Waals surface area contributed by atoms with E-state index in [4.69, 9.17) is 9.47 Å². The molecule has 0 aliphatic carbocycles. The summed E-state index contributed by atoms with van der Waals surface area (Å²) in [6.45, 7) is 16.7. The summed E-state index contributed by atoms with van der Waals surface area (Å²) >= 11 is 0. The molecule has 15 nitrogen and oxygen atoms in total. The molecule has 7 rings (SSSR count). The first kappa shape index (κ1) is 52.9. The van der Waals surface area contributed by atoms with Crippen LogP contribution in [0.1, 0.15) is 103 Å². The number of amides is 6. The van der Waals surface area contributed by atoms with Crippen LogP contribution in [0.2, 0.25) is 0 Å². The van der Waals surface area contributed by atoms with E-state index in [1.807, 2.05) is 74.5 Å². The third kappa shape index (κ3) is 13.3. The Kier molecular flexibility index (Phi) is 16.4. The van der Waals surface area contributed by atoms with Crippen molar-refractivity contribution >= 4 is 58.1 Å². The monoisotopic (exact) mass is 990 g/mol. The molecule has 1 fully saturated rings. The number of rotatable bonds is 15. The highest BCUT2D eigenvalue weighted by Crippen LogP contribution is 2.40. The van der Waals surface area contributed by atoms with E-state index in [9.17, 15) is 28.8 Å². The number of nitrogens with zero attached hydrogens (tertiary/aromatic N) is 2. The van der Waals surface area contributed by atoms with Gasteiger partial charge in [0.2, 0.25) is 11.8 Å². The topological polar surface area (TPSA) is 191 Å². The first-order valence-corrected chi connectivity index (χ1v) is 24.8. The Balaban J connectivity index is 1.11. The van der Waals surface area contributed by atoms with Crippen molar-refractivity contribution in [1.82, 2.24) is 25.4 Å². The Hall–Kier alpha value is -7.94. The molecule has 73 heavy (non-hydrogen) atoms. The Morgan fingerprint density at radius 1 is 0.699 bits per heavy atom. The molecule has 0 bridgehead atoms. The van der Waals surface area contributed by atoms with Gasteiger partial charge in [0.1, 0.15) is 35.4 Å². The fourth-order valence-corrected chi connectivity index (χ4v) is 9.01. The maximum absolute atomic E-state index is 14.3. The largest absolute Gasteiger partial charge is 0.444 e. The molecule has 0 saturated carbocycles. The van der Waals surface area contributed by atoms with Crippen LogP contribution in [0.15, 0.2) is 127 Å². The molecule has 0 unspecified atom stereocenters. The van der Waals surface area contributed by atoms with Crippen LogP contribution in [0.25, 0.3) is 33.3 Å². The van der Waals surface area contributed by atoms with Gasteiger partial charge in [0.05, 0.1) is 5.69 Å². The predicted molar refractivity (Wildman–Crippen MR) is 284 cm³/mol. The van der Waals surface area contributed by atoms with Crippen molar-refractivity contribution in [2.45, 2.75) is 117 Å². The lowest BCUT2D eigenvalue weighted by Crippen LogP contribution is -2.51. The summed E-state index contributed by atoms with van der Waals surface area (Å²) in [6.07, 6.45) is 0.143. The Bertz CT molecular complexity index is 2940. The average molecular weight is 990 g/mol. The van der Waals surface area contributed by atoms with Crippen molar-refractivity contribution in [3.05, 3.63) is 144 Å². The van der Waals surface area contributed by atoms with Crippen LogP contribution in [-0.4, -0.2) is 87.0 Å². The molecule has 1 aliphatic rings. The van der Waals surface area contributed by atoms with Gasteiger partial charge in [-0.15, -0.1) is 0 Å². The maximum Gasteiger partial charge on any atom is 0.408 e. The van der Waals surface area contributed by atoms with E-state index in [1.165, 1.54) is 9.80 Å². The number of carbonyl (C=O) groups is 6. The van der Waals surface area contributed by atoms with Crippen LogP contribution < -0.4 is 21.3 Å². The molecule has 2 heterocycles. The SMILES string of the molecule is CCCN(C(=O)[C@H](NC(=O)OC(C)(C)C)c1ccccc1)[C@@H](C)C(=O)Nc1ccc(-c2[nH]c3ccc(NC(=O)[C@@H]4CCCN4C(=O)[C@H](NC(=O)OC(C)(C)C)c4ccccc4)cc3c2-c2cccc(C)c2)cc1. The van der Waals surface area contributed by atoms with E-state index in [0.29, 0.717) is 48.3 Å². The number of aryl methyl sites for hydroxylation is 1. The van der Waals surface area contributed by atoms with Gasteiger partial charge in [0, 0.05) is 40.9 Å². The van der Waals surface area contributed by atoms with Gasteiger partial charge in [-0.25, -0.2) is 9.59 Å². The highest BCUT2D eigenvalue weighted by atomic mass is 16.6. The minimum absolute atomic E-state index is 0.266. The van der Waals surface area contributed by atoms with Crippen LogP contribution in [0.3, 0.4) is 0 Å². The Morgan fingerprint density at radius 3 is 1.88 bits per heavy atom. The molecule has 382 valence electrons. The second kappa shape index (κ2) is 22.6. The van der Waals surface area contributed by atoms with Crippen molar-refractivity contribution in [3.63, 3.8) is 0 Å². The zero-order valence-corrected chi connectivity index (χ0v) is 43.1. The number of fused-ring (bicyclic) bond motifs is 1. The highest BCUT2D eigenvalue weighted by molar-refractivity contribution is 6.07. The summed E-state index contributed by atoms with van der Waals surface area (Å²) in [5.41, 5.74) is 6.00. The first-order valence-electron chi connectivity index (χ1n) is 24.8. The van der Waals surface area contributed by atoms with Crippen LogP contribution in [0.4, 0.5) is 21.0 Å². The summed E-state index contributed by atoms with van der Waals surface area (Å²) in [4.78, 5) is 89.3. The van der Waals surface area contributed by atoms with E-state index < -0.39 is 65.3 Å². The van der Waals surface area contributed by atoms with Crippen LogP contribution in [0.5, 0.6) is 0 Å². The Labute approximate surface area is 427 Å². The second-order valence-electron chi connectivity index (χ2n) is 20.4. The van der Waals surface area contributed by atoms with Crippen molar-refractivity contribution in [3.8, 4) is 22.4 Å². The average Bonchev–Trinajstić information content (AvgIpc) is 3.99. The smallest absolute Gasteiger partial charge is 0.408 e. The number of aromatic amines is 1. The minimum Gasteiger partial charge on any atom is -0.444 e. The van der Waals surface area contributed by atoms with Gasteiger partial charge >= 0.3 is 12.2 Å². The summed E-state index contributed by atoms with van der Waals surface area (Å²) in [7, 11) is 0. The van der Waals surface area contributed by atoms with Crippen molar-refractivity contribution in [2.24, 2.45) is 0 Å². The van der Waals surface area contributed by atoms with Crippen molar-refractivity contribution in [2.75, 3.05) is 23.7 Å². The highest BCUT2D eigenvalue weighted by Gasteiger charge is 2.39. The molecular formula is C58H67N7O8. The van der Waals surface area contributed by atoms with Crippen molar-refractivity contribution < 1.29 is 38.2 Å². The lowest BCUT2D eigenvalue weighted by molar-refractivity contribution is -0.140. The van der Waals surface area contributed by atoms with E-state index in [2.05, 4.69) is 32.3 Å². The number of H-pyrrole nitrogens is 1. The van der Waals surface area contributed by atoms with Gasteiger partial charge in [-0.05, 0) is 127 Å². The normalized spacial score (nSPS) is 14.9. The first-order chi connectivity index (χ1) is 34.7. The number of alkyl carbamates (subject to hydrolysis) is 2. The third-order valence-corrected chi connectivity index (χ3v) is 12.3. The van der Waals surface area contributed by atoms with E-state index in [-0.39, 0.29) is 12.5 Å². The fraction of sp³-hybridized carbons (Fsp3) is 0.345. The maximum atomic E-state index is 14.3. The summed E-state index contributed by atoms with van der Waals surface area (Å²) < 4.78 is 11.0. The molecule has 1 saturated heterocycles. The molecule has 1 aromatic heterocycles. The number of likely N-dealkylation sites (tertiary alicyclic amines) is 1. The molecule has 5 aromatic carbocycles. The van der Waals surface area contributed by atoms with Crippen molar-refractivity contribution in [1.29, 1.82) is 0 Å². The molecule has 1 aliphatic heterocycles. The zero-order valence-electron chi connectivity index (χ0n) is 43.1. The molecule has 6 aromatic rings. The van der Waals surface area contributed by atoms with Crippen LogP contribution >= 0.6 is 0 Å². The molecule has 0 spiro atoms. The Morgan fingerprint density at radius 2 is 1.29 bits per heavy atom. The minimum atomic E-state index is -1.09. The molecule has 4 atom stereocenters. The number of ether oxygens (including phenoxy) is 2. The third-order valence-electron chi connectivity index (χ3n) is 12.3. The van der Waals surface area contributed by atoms with Crippen LogP contribution in [0, 0.1) is 6.92 Å². The summed E-state index contributed by atoms with van der Waals surface area (Å²) in [5.74, 6) is -1.60. The standard InChI is InChI=1S/C58H67N7O8/c1-10-32-64(53(68)49(38-20-13-11-14-21-38)62-55(70)72-57(4,5)6)37(3)51(66)59-42-28-26-40(27-29-42)48-47(41-24-17-19-36(2)34-41)44-35-43(30-31-45(44)61-48)60-52(67)46-25-18-33-65(46)54(69)50(39-22-15-12-16-23-39)63-56(71)73-58(7,8)9/h11-17,19-24,26-31,34-35,37,46,49-50,61H,10,18,25,32-33H2,1-9H3,(H,59,66)(H,60,67)(H,62,70)(H,63,71)/t37-,46-,49+,50+/m0/s1. The van der Waals surface area contributed by atoms with Gasteiger partial charge in [0.15, 0.2) is 0 Å². The van der Waals surface area contributed by atoms with Gasteiger partial charge in [0.25, 0.3) is 11.8 Å². The number of hydrogen-bond acceptors (Lipinski definition) is 8. The number of nitrogens with one attached hydrogen (secondary N) is 5. The summed E-state index contributed by atoms with van der Waals surface area (Å²) in [6, 6.07) is 35.2. The lowest BCUT2D eigenvalue weighted by atomic mass is 9.97. The quantitative estimate of drug-likeness (QED) is 0.0671. The number of hydrogen-bond donors (Lipinski definition) is 5. The van der Waals surface area contributed by atoms with E-state index in [0.717, 1.165) is 38.9 Å². The number of anilines is 2. The number of aromatic nitrogens is 1. The molecule has 6 amide bonds. The molecular weight excluding hydrogens is 923 g/mol. The predicted octanol–water partition coefficient (Wildman–Crippen LogP) is 10.8. The van der Waals surface area contributed by atoms with E-state index >= 15 is 0 Å². The molecule has 5 N–H and O–H groups in total. The van der Waals surface area contributed by atoms with Gasteiger partial charge in [-0.1, -0.05) is 110 Å². The second-order valence-corrected chi connectivity index (χ2v) is 20.4.